The molecule has 0 spiro atoms. The number of benzene rings is 2. The maximum Gasteiger partial charge on any atom is 0.407 e. The summed E-state index contributed by atoms with van der Waals surface area (Å²) in [4.78, 5) is 24.4. The second-order valence-electron chi connectivity index (χ2n) is 9.31. The van der Waals surface area contributed by atoms with Crippen LogP contribution in [0.25, 0.3) is 22.0 Å². The largest absolute Gasteiger partial charge is 0.496 e. The van der Waals surface area contributed by atoms with E-state index in [9.17, 15) is 14.3 Å². The molecule has 3 heterocycles. The van der Waals surface area contributed by atoms with Gasteiger partial charge in [0.25, 0.3) is 0 Å². The smallest absolute Gasteiger partial charge is 0.407 e. The third-order valence-electron chi connectivity index (χ3n) is 6.98. The number of piperazine rings is 1. The number of nitrogens with one attached hydrogen (secondary N) is 1. The molecule has 2 aliphatic heterocycles. The molecule has 2 fully saturated rings. The van der Waals surface area contributed by atoms with Gasteiger partial charge in [0, 0.05) is 55.1 Å². The summed E-state index contributed by atoms with van der Waals surface area (Å²) in [6.07, 6.45) is -0.986. The fourth-order valence-corrected chi connectivity index (χ4v) is 5.19. The van der Waals surface area contributed by atoms with Crippen molar-refractivity contribution in [2.24, 2.45) is 0 Å². The van der Waals surface area contributed by atoms with Crippen LogP contribution in [-0.2, 0) is 0 Å². The quantitative estimate of drug-likeness (QED) is 0.526. The highest BCUT2D eigenvalue weighted by Gasteiger charge is 2.35. The standard InChI is InChI=1S/C25H26ClF2N5O3/c1-12-11-33(25(34)35)13(2)10-32(12)24-15-7-16(26)19(20-17(27)5-4-6-18(20)36-3)21(28)22(15)30-23(31-24)14-8-29-9-14/h4-7,12-14,29H,8-11H2,1-3H3,(H,34,35)/t12-,13+/m0/s1. The van der Waals surface area contributed by atoms with Crippen molar-refractivity contribution >= 4 is 34.4 Å². The van der Waals surface area contributed by atoms with E-state index in [4.69, 9.17) is 21.3 Å². The van der Waals surface area contributed by atoms with Gasteiger partial charge in [0.15, 0.2) is 5.82 Å². The fraction of sp³-hybridized carbons (Fsp3) is 0.400. The number of nitrogens with zero attached hydrogens (tertiary/aromatic N) is 4. The van der Waals surface area contributed by atoms with Crippen molar-refractivity contribution in [1.82, 2.24) is 20.2 Å². The molecule has 2 aliphatic rings. The van der Waals surface area contributed by atoms with Gasteiger partial charge in [-0.05, 0) is 32.0 Å². The van der Waals surface area contributed by atoms with Crippen LogP contribution < -0.4 is 15.0 Å². The number of methoxy groups -OCH3 is 1. The minimum atomic E-state index is -0.986. The summed E-state index contributed by atoms with van der Waals surface area (Å²) in [7, 11) is 1.38. The molecule has 0 aliphatic carbocycles. The average Bonchev–Trinajstić information content (AvgIpc) is 2.80. The van der Waals surface area contributed by atoms with Gasteiger partial charge in [0.2, 0.25) is 0 Å². The van der Waals surface area contributed by atoms with Crippen LogP contribution in [0, 0.1) is 11.6 Å². The molecule has 2 aromatic carbocycles. The number of ether oxygens (including phenoxy) is 1. The summed E-state index contributed by atoms with van der Waals surface area (Å²) >= 11 is 6.59. The number of carboxylic acid groups (broad SMARTS) is 1. The maximum absolute atomic E-state index is 16.2. The van der Waals surface area contributed by atoms with Crippen LogP contribution in [0.15, 0.2) is 24.3 Å². The van der Waals surface area contributed by atoms with E-state index in [0.717, 1.165) is 0 Å². The number of rotatable bonds is 4. The molecule has 0 radical (unpaired) electrons. The summed E-state index contributed by atoms with van der Waals surface area (Å²) in [5.74, 6) is -0.311. The molecule has 0 bridgehead atoms. The van der Waals surface area contributed by atoms with E-state index in [1.54, 1.807) is 12.1 Å². The van der Waals surface area contributed by atoms with Crippen molar-refractivity contribution in [1.29, 1.82) is 0 Å². The van der Waals surface area contributed by atoms with Crippen LogP contribution in [0.5, 0.6) is 5.75 Å². The normalized spacial score (nSPS) is 20.5. The highest BCUT2D eigenvalue weighted by atomic mass is 35.5. The van der Waals surface area contributed by atoms with E-state index < -0.39 is 17.7 Å². The molecule has 2 N–H and O–H groups in total. The number of aromatic nitrogens is 2. The SMILES string of the molecule is COc1cccc(F)c1-c1c(Cl)cc2c(N3C[C@@H](C)N(C(=O)O)C[C@@H]3C)nc(C3CNC3)nc2c1F. The molecular weight excluding hydrogens is 492 g/mol. The summed E-state index contributed by atoms with van der Waals surface area (Å²) < 4.78 is 36.5. The number of carbonyl (C=O) groups is 1. The molecule has 0 saturated carbocycles. The molecule has 3 aromatic rings. The first-order chi connectivity index (χ1) is 17.2. The lowest BCUT2D eigenvalue weighted by Gasteiger charge is -2.44. The number of anilines is 1. The second-order valence-corrected chi connectivity index (χ2v) is 9.71. The molecule has 2 atom stereocenters. The van der Waals surface area contributed by atoms with Gasteiger partial charge in [-0.2, -0.15) is 0 Å². The fourth-order valence-electron chi connectivity index (χ4n) is 4.90. The Balaban J connectivity index is 1.73. The highest BCUT2D eigenvalue weighted by Crippen LogP contribution is 2.43. The Morgan fingerprint density at radius 2 is 1.92 bits per heavy atom. The number of hydrogen-bond acceptors (Lipinski definition) is 6. The van der Waals surface area contributed by atoms with E-state index >= 15 is 4.39 Å². The van der Waals surface area contributed by atoms with Crippen molar-refractivity contribution in [3.8, 4) is 16.9 Å². The Morgan fingerprint density at radius 1 is 1.17 bits per heavy atom. The molecule has 1 amide bonds. The first-order valence-electron chi connectivity index (χ1n) is 11.7. The lowest BCUT2D eigenvalue weighted by atomic mass is 9.99. The molecule has 11 heteroatoms. The summed E-state index contributed by atoms with van der Waals surface area (Å²) in [5.41, 5.74) is -0.167. The maximum atomic E-state index is 16.2. The van der Waals surface area contributed by atoms with Gasteiger partial charge in [-0.15, -0.1) is 0 Å². The Hall–Kier alpha value is -3.24. The van der Waals surface area contributed by atoms with Crippen LogP contribution in [0.3, 0.4) is 0 Å². The van der Waals surface area contributed by atoms with Crippen molar-refractivity contribution in [2.75, 3.05) is 38.2 Å². The monoisotopic (exact) mass is 517 g/mol. The molecule has 1 aromatic heterocycles. The molecular formula is C25H26ClF2N5O3. The van der Waals surface area contributed by atoms with Crippen molar-refractivity contribution in [3.05, 3.63) is 46.7 Å². The van der Waals surface area contributed by atoms with Crippen LogP contribution in [0.1, 0.15) is 25.6 Å². The lowest BCUT2D eigenvalue weighted by Crippen LogP contribution is -2.58. The minimum Gasteiger partial charge on any atom is -0.496 e. The van der Waals surface area contributed by atoms with Crippen LogP contribution in [0.2, 0.25) is 5.02 Å². The average molecular weight is 518 g/mol. The predicted molar refractivity (Wildman–Crippen MR) is 133 cm³/mol. The van der Waals surface area contributed by atoms with Crippen molar-refractivity contribution in [3.63, 3.8) is 0 Å². The van der Waals surface area contributed by atoms with Gasteiger partial charge in [-0.1, -0.05) is 17.7 Å². The van der Waals surface area contributed by atoms with Gasteiger partial charge in [0.05, 0.1) is 17.7 Å². The number of halogens is 3. The molecule has 36 heavy (non-hydrogen) atoms. The van der Waals surface area contributed by atoms with E-state index in [0.29, 0.717) is 36.7 Å². The number of amides is 1. The first kappa shape index (κ1) is 24.5. The van der Waals surface area contributed by atoms with Crippen LogP contribution in [-0.4, -0.2) is 71.4 Å². The zero-order valence-corrected chi connectivity index (χ0v) is 20.8. The van der Waals surface area contributed by atoms with E-state index in [2.05, 4.69) is 10.3 Å². The summed E-state index contributed by atoms with van der Waals surface area (Å²) in [5, 5.41) is 13.1. The first-order valence-corrected chi connectivity index (χ1v) is 12.1. The molecule has 0 unspecified atom stereocenters. The molecule has 190 valence electrons. The predicted octanol–water partition coefficient (Wildman–Crippen LogP) is 4.50. The Kier molecular flexibility index (Phi) is 6.34. The Morgan fingerprint density at radius 3 is 2.56 bits per heavy atom. The van der Waals surface area contributed by atoms with Crippen LogP contribution >= 0.6 is 11.6 Å². The van der Waals surface area contributed by atoms with E-state index in [1.165, 1.54) is 24.1 Å². The van der Waals surface area contributed by atoms with Crippen LogP contribution in [0.4, 0.5) is 19.4 Å². The van der Waals surface area contributed by atoms with Gasteiger partial charge in [0.1, 0.15) is 28.7 Å². The van der Waals surface area contributed by atoms with E-state index in [-0.39, 0.29) is 52.0 Å². The Labute approximate surface area is 211 Å². The highest BCUT2D eigenvalue weighted by molar-refractivity contribution is 6.34. The lowest BCUT2D eigenvalue weighted by molar-refractivity contribution is 0.114. The zero-order chi connectivity index (χ0) is 25.7. The minimum absolute atomic E-state index is 0.00251. The zero-order valence-electron chi connectivity index (χ0n) is 20.1. The molecule has 5 rings (SSSR count). The third kappa shape index (κ3) is 3.98. The number of hydrogen-bond donors (Lipinski definition) is 2. The molecule has 8 nitrogen and oxygen atoms in total. The van der Waals surface area contributed by atoms with Gasteiger partial charge in [-0.3, -0.25) is 0 Å². The third-order valence-corrected chi connectivity index (χ3v) is 7.27. The van der Waals surface area contributed by atoms with Gasteiger partial charge < -0.3 is 25.0 Å². The van der Waals surface area contributed by atoms with Crippen molar-refractivity contribution in [2.45, 2.75) is 31.8 Å². The topological polar surface area (TPSA) is 90.8 Å². The molecule has 2 saturated heterocycles. The number of fused-ring (bicyclic) bond motifs is 1. The van der Waals surface area contributed by atoms with E-state index in [1.807, 2.05) is 18.7 Å². The van der Waals surface area contributed by atoms with Crippen molar-refractivity contribution < 1.29 is 23.4 Å². The Bertz CT molecular complexity index is 1350. The van der Waals surface area contributed by atoms with Gasteiger partial charge in [-0.25, -0.2) is 23.5 Å². The summed E-state index contributed by atoms with van der Waals surface area (Å²) in [6, 6.07) is 5.27. The van der Waals surface area contributed by atoms with Gasteiger partial charge >= 0.3 is 6.09 Å². The summed E-state index contributed by atoms with van der Waals surface area (Å²) in [6.45, 7) is 5.67. The second kappa shape index (κ2) is 9.33.